The Labute approximate surface area is 236 Å². The van der Waals surface area contributed by atoms with Gasteiger partial charge in [0.25, 0.3) is 0 Å². The van der Waals surface area contributed by atoms with Crippen LogP contribution in [0.5, 0.6) is 5.75 Å². The Balaban J connectivity index is 1.57. The van der Waals surface area contributed by atoms with Crippen LogP contribution in [-0.4, -0.2) is 53.5 Å². The SMILES string of the molecule is COc1ccc(N2CCN(c3ccc(NC(=O)CCCCl)cc3S(=O)(=O)N[C@H](C)c3ccccc3)CC2)cc1. The summed E-state index contributed by atoms with van der Waals surface area (Å²) in [5, 5.41) is 2.82. The van der Waals surface area contributed by atoms with E-state index in [-0.39, 0.29) is 17.2 Å². The molecule has 2 N–H and O–H groups in total. The number of anilines is 3. The van der Waals surface area contributed by atoms with Crippen LogP contribution < -0.4 is 24.6 Å². The number of carbonyl (C=O) groups is 1. The number of piperazine rings is 1. The fraction of sp³-hybridized carbons (Fsp3) is 0.345. The number of sulfonamides is 1. The number of hydrogen-bond acceptors (Lipinski definition) is 6. The van der Waals surface area contributed by atoms with Gasteiger partial charge < -0.3 is 19.9 Å². The minimum absolute atomic E-state index is 0.137. The second kappa shape index (κ2) is 13.2. The first-order chi connectivity index (χ1) is 18.8. The van der Waals surface area contributed by atoms with E-state index in [9.17, 15) is 13.2 Å². The molecule has 0 radical (unpaired) electrons. The van der Waals surface area contributed by atoms with Crippen LogP contribution in [0.4, 0.5) is 17.1 Å². The van der Waals surface area contributed by atoms with Gasteiger partial charge in [-0.15, -0.1) is 11.6 Å². The van der Waals surface area contributed by atoms with Gasteiger partial charge in [-0.3, -0.25) is 4.79 Å². The van der Waals surface area contributed by atoms with Crippen molar-refractivity contribution in [1.82, 2.24) is 4.72 Å². The lowest BCUT2D eigenvalue weighted by atomic mass is 10.1. The molecule has 0 spiro atoms. The molecule has 1 atom stereocenters. The first-order valence-electron chi connectivity index (χ1n) is 13.0. The van der Waals surface area contributed by atoms with Crippen LogP contribution in [-0.2, 0) is 14.8 Å². The van der Waals surface area contributed by atoms with E-state index in [0.29, 0.717) is 36.8 Å². The highest BCUT2D eigenvalue weighted by Gasteiger charge is 2.27. The average molecular weight is 571 g/mol. The summed E-state index contributed by atoms with van der Waals surface area (Å²) >= 11 is 5.72. The second-order valence-electron chi connectivity index (χ2n) is 9.45. The molecule has 0 aliphatic carbocycles. The Morgan fingerprint density at radius 2 is 1.64 bits per heavy atom. The van der Waals surface area contributed by atoms with Crippen molar-refractivity contribution in [2.75, 3.05) is 54.3 Å². The molecule has 10 heteroatoms. The molecular weight excluding hydrogens is 536 g/mol. The molecule has 1 aliphatic rings. The third-order valence-corrected chi connectivity index (χ3v) is 8.60. The van der Waals surface area contributed by atoms with Gasteiger partial charge in [0.2, 0.25) is 15.9 Å². The van der Waals surface area contributed by atoms with Gasteiger partial charge in [0.05, 0.1) is 12.8 Å². The molecule has 4 rings (SSSR count). The first-order valence-corrected chi connectivity index (χ1v) is 15.0. The molecule has 0 bridgehead atoms. The van der Waals surface area contributed by atoms with E-state index in [2.05, 4.69) is 19.8 Å². The van der Waals surface area contributed by atoms with Crippen molar-refractivity contribution in [3.05, 3.63) is 78.4 Å². The van der Waals surface area contributed by atoms with Crippen LogP contribution in [0.15, 0.2) is 77.7 Å². The van der Waals surface area contributed by atoms with E-state index in [1.54, 1.807) is 25.3 Å². The Bertz CT molecular complexity index is 1350. The zero-order valence-corrected chi connectivity index (χ0v) is 23.8. The normalized spacial score (nSPS) is 14.6. The number of nitrogens with zero attached hydrogens (tertiary/aromatic N) is 2. The Morgan fingerprint density at radius 3 is 2.28 bits per heavy atom. The van der Waals surface area contributed by atoms with Gasteiger partial charge in [0.1, 0.15) is 10.6 Å². The first kappa shape index (κ1) is 28.7. The fourth-order valence-corrected chi connectivity index (χ4v) is 6.24. The molecule has 3 aromatic rings. The predicted octanol–water partition coefficient (Wildman–Crippen LogP) is 5.02. The minimum Gasteiger partial charge on any atom is -0.497 e. The molecule has 0 saturated carbocycles. The molecular formula is C29H35ClN4O4S. The van der Waals surface area contributed by atoms with E-state index >= 15 is 0 Å². The summed E-state index contributed by atoms with van der Waals surface area (Å²) in [4.78, 5) is 16.8. The number of ether oxygens (including phenoxy) is 1. The molecule has 39 heavy (non-hydrogen) atoms. The molecule has 1 aliphatic heterocycles. The Hall–Kier alpha value is -3.27. The lowest BCUT2D eigenvalue weighted by Gasteiger charge is -2.38. The molecule has 1 saturated heterocycles. The summed E-state index contributed by atoms with van der Waals surface area (Å²) in [6.07, 6.45) is 0.815. The van der Waals surface area contributed by atoms with Gasteiger partial charge >= 0.3 is 0 Å². The van der Waals surface area contributed by atoms with Crippen LogP contribution in [0.25, 0.3) is 0 Å². The van der Waals surface area contributed by atoms with Crippen molar-refractivity contribution in [1.29, 1.82) is 0 Å². The highest BCUT2D eigenvalue weighted by atomic mass is 35.5. The van der Waals surface area contributed by atoms with Crippen LogP contribution in [0, 0.1) is 0 Å². The van der Waals surface area contributed by atoms with Crippen molar-refractivity contribution < 1.29 is 17.9 Å². The van der Waals surface area contributed by atoms with Crippen molar-refractivity contribution in [2.24, 2.45) is 0 Å². The molecule has 0 unspecified atom stereocenters. The minimum atomic E-state index is -3.93. The van der Waals surface area contributed by atoms with Crippen molar-refractivity contribution in [3.8, 4) is 5.75 Å². The topological polar surface area (TPSA) is 91.0 Å². The zero-order chi connectivity index (χ0) is 27.8. The van der Waals surface area contributed by atoms with Crippen LogP contribution in [0.2, 0.25) is 0 Å². The van der Waals surface area contributed by atoms with Crippen LogP contribution in [0.3, 0.4) is 0 Å². The maximum absolute atomic E-state index is 13.7. The summed E-state index contributed by atoms with van der Waals surface area (Å²) in [6, 6.07) is 22.0. The molecule has 208 valence electrons. The van der Waals surface area contributed by atoms with E-state index in [1.807, 2.05) is 61.5 Å². The lowest BCUT2D eigenvalue weighted by molar-refractivity contribution is -0.116. The monoisotopic (exact) mass is 570 g/mol. The molecule has 3 aromatic carbocycles. The number of methoxy groups -OCH3 is 1. The quantitative estimate of drug-likeness (QED) is 0.315. The third kappa shape index (κ3) is 7.44. The number of carbonyl (C=O) groups excluding carboxylic acids is 1. The summed E-state index contributed by atoms with van der Waals surface area (Å²) in [7, 11) is -2.28. The third-order valence-electron chi connectivity index (χ3n) is 6.76. The number of rotatable bonds is 11. The summed E-state index contributed by atoms with van der Waals surface area (Å²) in [6.45, 7) is 4.57. The second-order valence-corrected chi connectivity index (χ2v) is 11.5. The fourth-order valence-electron chi connectivity index (χ4n) is 4.62. The maximum Gasteiger partial charge on any atom is 0.243 e. The summed E-state index contributed by atoms with van der Waals surface area (Å²) < 4.78 is 35.6. The maximum atomic E-state index is 13.7. The highest BCUT2D eigenvalue weighted by molar-refractivity contribution is 7.89. The molecule has 0 aromatic heterocycles. The Kier molecular flexibility index (Phi) is 9.72. The average Bonchev–Trinajstić information content (AvgIpc) is 2.96. The van der Waals surface area contributed by atoms with Gasteiger partial charge in [-0.05, 0) is 61.4 Å². The van der Waals surface area contributed by atoms with Crippen LogP contribution in [0.1, 0.15) is 31.4 Å². The van der Waals surface area contributed by atoms with Gasteiger partial charge in [-0.1, -0.05) is 30.3 Å². The standard InChI is InChI=1S/C29H35ClN4O4S/c1-22(23-7-4-3-5-8-23)32-39(36,37)28-21-24(31-29(35)9-6-16-30)10-15-27(28)34-19-17-33(18-20-34)25-11-13-26(38-2)14-12-25/h3-5,7-8,10-15,21-22,32H,6,9,16-20H2,1-2H3,(H,31,35)/t22-/m1/s1. The Morgan fingerprint density at radius 1 is 0.974 bits per heavy atom. The highest BCUT2D eigenvalue weighted by Crippen LogP contribution is 2.31. The van der Waals surface area contributed by atoms with Gasteiger partial charge in [-0.2, -0.15) is 0 Å². The predicted molar refractivity (Wildman–Crippen MR) is 158 cm³/mol. The van der Waals surface area contributed by atoms with Crippen molar-refractivity contribution in [2.45, 2.75) is 30.7 Å². The molecule has 1 heterocycles. The van der Waals surface area contributed by atoms with E-state index < -0.39 is 16.1 Å². The van der Waals surface area contributed by atoms with E-state index in [0.717, 1.165) is 30.1 Å². The number of nitrogens with one attached hydrogen (secondary N) is 2. The lowest BCUT2D eigenvalue weighted by Crippen LogP contribution is -2.47. The number of hydrogen-bond donors (Lipinski definition) is 2. The summed E-state index contributed by atoms with van der Waals surface area (Å²) in [5.74, 6) is 0.986. The van der Waals surface area contributed by atoms with Crippen molar-refractivity contribution in [3.63, 3.8) is 0 Å². The molecule has 8 nitrogen and oxygen atoms in total. The number of halogens is 1. The van der Waals surface area contributed by atoms with Crippen LogP contribution >= 0.6 is 11.6 Å². The summed E-state index contributed by atoms with van der Waals surface area (Å²) in [5.41, 5.74) is 3.00. The number of benzene rings is 3. The zero-order valence-electron chi connectivity index (χ0n) is 22.3. The van der Waals surface area contributed by atoms with Crippen molar-refractivity contribution >= 4 is 44.6 Å². The van der Waals surface area contributed by atoms with Gasteiger partial charge in [0, 0.05) is 55.9 Å². The number of amides is 1. The van der Waals surface area contributed by atoms with E-state index in [1.165, 1.54) is 0 Å². The molecule has 1 amide bonds. The smallest absolute Gasteiger partial charge is 0.243 e. The van der Waals surface area contributed by atoms with Gasteiger partial charge in [0.15, 0.2) is 0 Å². The van der Waals surface area contributed by atoms with E-state index in [4.69, 9.17) is 16.3 Å². The molecule has 1 fully saturated rings. The number of alkyl halides is 1. The van der Waals surface area contributed by atoms with Gasteiger partial charge in [-0.25, -0.2) is 13.1 Å². The largest absolute Gasteiger partial charge is 0.497 e.